The highest BCUT2D eigenvalue weighted by atomic mass is 16.5. The molecule has 4 heteroatoms. The maximum Gasteiger partial charge on any atom is 0.227 e. The lowest BCUT2D eigenvalue weighted by atomic mass is 9.80. The van der Waals surface area contributed by atoms with Gasteiger partial charge < -0.3 is 10.1 Å². The second kappa shape index (κ2) is 13.2. The molecule has 4 nitrogen and oxygen atoms in total. The Morgan fingerprint density at radius 2 is 1.70 bits per heavy atom. The molecule has 3 rings (SSSR count). The molecule has 0 unspecified atom stereocenters. The number of carbonyl (C=O) groups excluding carboxylic acids is 2. The third-order valence-electron chi connectivity index (χ3n) is 6.87. The predicted octanol–water partition coefficient (Wildman–Crippen LogP) is 7.17. The third-order valence-corrected chi connectivity index (χ3v) is 6.87. The zero-order chi connectivity index (χ0) is 24.4. The highest BCUT2D eigenvalue weighted by Gasteiger charge is 2.25. The first-order valence-corrected chi connectivity index (χ1v) is 12.4. The van der Waals surface area contributed by atoms with Crippen LogP contribution in [-0.4, -0.2) is 18.8 Å². The van der Waals surface area contributed by atoms with E-state index in [4.69, 9.17) is 4.74 Å². The van der Waals surface area contributed by atoms with Gasteiger partial charge in [0.15, 0.2) is 5.78 Å². The molecule has 1 aliphatic rings. The number of methoxy groups -OCH3 is 1. The van der Waals surface area contributed by atoms with Gasteiger partial charge >= 0.3 is 0 Å². The molecular formula is C29H41NO3. The van der Waals surface area contributed by atoms with Crippen molar-refractivity contribution in [1.29, 1.82) is 0 Å². The van der Waals surface area contributed by atoms with Crippen molar-refractivity contribution in [1.82, 2.24) is 0 Å². The summed E-state index contributed by atoms with van der Waals surface area (Å²) in [5.41, 5.74) is 5.28. The van der Waals surface area contributed by atoms with E-state index in [2.05, 4.69) is 26.1 Å². The monoisotopic (exact) mass is 451 g/mol. The minimum absolute atomic E-state index is 0.163. The Kier molecular flexibility index (Phi) is 10.6. The number of hydrogen-bond donors (Lipinski definition) is 1. The van der Waals surface area contributed by atoms with Gasteiger partial charge in [-0.2, -0.15) is 0 Å². The van der Waals surface area contributed by atoms with Gasteiger partial charge in [-0.1, -0.05) is 51.5 Å². The van der Waals surface area contributed by atoms with Gasteiger partial charge in [-0.05, 0) is 81.0 Å². The fraction of sp³-hybridized carbons (Fsp3) is 0.517. The van der Waals surface area contributed by atoms with Crippen LogP contribution in [0.4, 0.5) is 5.69 Å². The lowest BCUT2D eigenvalue weighted by Crippen LogP contribution is -2.27. The number of ketones is 1. The second-order valence-corrected chi connectivity index (χ2v) is 9.01. The van der Waals surface area contributed by atoms with Gasteiger partial charge in [0.1, 0.15) is 5.75 Å². The van der Waals surface area contributed by atoms with Crippen LogP contribution in [-0.2, 0) is 17.6 Å². The molecule has 0 aliphatic heterocycles. The summed E-state index contributed by atoms with van der Waals surface area (Å²) in [5.74, 6) is 2.17. The van der Waals surface area contributed by atoms with Crippen molar-refractivity contribution in [2.75, 3.05) is 12.4 Å². The average Bonchev–Trinajstić information content (AvgIpc) is 2.84. The van der Waals surface area contributed by atoms with Crippen molar-refractivity contribution in [3.8, 4) is 5.75 Å². The van der Waals surface area contributed by atoms with E-state index in [1.54, 1.807) is 14.0 Å². The Bertz CT molecular complexity index is 926. The van der Waals surface area contributed by atoms with Crippen LogP contribution in [0.15, 0.2) is 36.4 Å². The van der Waals surface area contributed by atoms with Crippen LogP contribution < -0.4 is 10.1 Å². The lowest BCUT2D eigenvalue weighted by molar-refractivity contribution is -0.121. The quantitative estimate of drug-likeness (QED) is 0.454. The molecule has 2 aromatic rings. The number of carbonyl (C=O) groups is 2. The van der Waals surface area contributed by atoms with Crippen LogP contribution in [0.3, 0.4) is 0 Å². The SMILES string of the molecule is CCc1c(C)cccc1C(C)=O.CCc1ccc(NC(=O)C2CCC(CC)CC2)cc1OC. The van der Waals surface area contributed by atoms with E-state index in [1.165, 1.54) is 36.0 Å². The number of rotatable bonds is 7. The molecule has 0 saturated heterocycles. The minimum Gasteiger partial charge on any atom is -0.496 e. The summed E-state index contributed by atoms with van der Waals surface area (Å²) in [5, 5.41) is 3.05. The Balaban J connectivity index is 0.000000273. The molecular weight excluding hydrogens is 410 g/mol. The maximum absolute atomic E-state index is 12.4. The van der Waals surface area contributed by atoms with Crippen molar-refractivity contribution in [2.45, 2.75) is 79.6 Å². The molecule has 1 fully saturated rings. The first-order valence-electron chi connectivity index (χ1n) is 12.4. The molecule has 0 bridgehead atoms. The van der Waals surface area contributed by atoms with Crippen LogP contribution in [0, 0.1) is 18.8 Å². The summed E-state index contributed by atoms with van der Waals surface area (Å²) >= 11 is 0. The summed E-state index contributed by atoms with van der Waals surface area (Å²) in [6.45, 7) is 10.1. The molecule has 0 heterocycles. The number of amides is 1. The smallest absolute Gasteiger partial charge is 0.227 e. The van der Waals surface area contributed by atoms with E-state index in [0.717, 1.165) is 48.6 Å². The first-order chi connectivity index (χ1) is 15.8. The molecule has 0 radical (unpaired) electrons. The zero-order valence-corrected chi connectivity index (χ0v) is 21.3. The Morgan fingerprint density at radius 1 is 1.00 bits per heavy atom. The number of ether oxygens (including phenoxy) is 1. The van der Waals surface area contributed by atoms with E-state index in [0.29, 0.717) is 0 Å². The molecule has 1 saturated carbocycles. The minimum atomic E-state index is 0.163. The largest absolute Gasteiger partial charge is 0.496 e. The van der Waals surface area contributed by atoms with E-state index in [1.807, 2.05) is 43.3 Å². The normalized spacial score (nSPS) is 17.5. The Labute approximate surface area is 200 Å². The number of benzene rings is 2. The number of nitrogens with one attached hydrogen (secondary N) is 1. The van der Waals surface area contributed by atoms with Crippen LogP contribution in [0.1, 0.15) is 86.8 Å². The van der Waals surface area contributed by atoms with Gasteiger partial charge in [-0.3, -0.25) is 9.59 Å². The molecule has 2 aromatic carbocycles. The third kappa shape index (κ3) is 7.45. The molecule has 1 N–H and O–H groups in total. The summed E-state index contributed by atoms with van der Waals surface area (Å²) in [6, 6.07) is 11.8. The van der Waals surface area contributed by atoms with Crippen molar-refractivity contribution < 1.29 is 14.3 Å². The van der Waals surface area contributed by atoms with Gasteiger partial charge in [0.25, 0.3) is 0 Å². The number of hydrogen-bond acceptors (Lipinski definition) is 3. The van der Waals surface area contributed by atoms with E-state index in [9.17, 15) is 9.59 Å². The molecule has 0 spiro atoms. The van der Waals surface area contributed by atoms with E-state index < -0.39 is 0 Å². The second-order valence-electron chi connectivity index (χ2n) is 9.01. The fourth-order valence-corrected chi connectivity index (χ4v) is 4.69. The van der Waals surface area contributed by atoms with Gasteiger partial charge in [0.05, 0.1) is 7.11 Å². The summed E-state index contributed by atoms with van der Waals surface area (Å²) in [4.78, 5) is 23.5. The van der Waals surface area contributed by atoms with Gasteiger partial charge in [-0.15, -0.1) is 0 Å². The highest BCUT2D eigenvalue weighted by Crippen LogP contribution is 2.32. The van der Waals surface area contributed by atoms with E-state index >= 15 is 0 Å². The highest BCUT2D eigenvalue weighted by molar-refractivity contribution is 5.95. The predicted molar refractivity (Wildman–Crippen MR) is 137 cm³/mol. The van der Waals surface area contributed by atoms with Gasteiger partial charge in [-0.25, -0.2) is 0 Å². The van der Waals surface area contributed by atoms with Crippen LogP contribution in [0.25, 0.3) is 0 Å². The van der Waals surface area contributed by atoms with Crippen molar-refractivity contribution >= 4 is 17.4 Å². The zero-order valence-electron chi connectivity index (χ0n) is 21.3. The Hall–Kier alpha value is -2.62. The molecule has 1 aliphatic carbocycles. The van der Waals surface area contributed by atoms with Crippen LogP contribution in [0.2, 0.25) is 0 Å². The number of Topliss-reactive ketones (excluding diaryl/α,β-unsaturated/α-hetero) is 1. The molecule has 33 heavy (non-hydrogen) atoms. The fourth-order valence-electron chi connectivity index (χ4n) is 4.69. The van der Waals surface area contributed by atoms with Crippen LogP contribution in [0.5, 0.6) is 5.75 Å². The van der Waals surface area contributed by atoms with E-state index in [-0.39, 0.29) is 17.6 Å². The maximum atomic E-state index is 12.4. The van der Waals surface area contributed by atoms with Crippen LogP contribution >= 0.6 is 0 Å². The molecule has 0 aromatic heterocycles. The average molecular weight is 452 g/mol. The number of anilines is 1. The molecule has 180 valence electrons. The summed E-state index contributed by atoms with van der Waals surface area (Å²) in [6.07, 6.45) is 7.52. The van der Waals surface area contributed by atoms with Gasteiger partial charge in [0, 0.05) is 23.2 Å². The summed E-state index contributed by atoms with van der Waals surface area (Å²) < 4.78 is 5.38. The lowest BCUT2D eigenvalue weighted by Gasteiger charge is -2.27. The summed E-state index contributed by atoms with van der Waals surface area (Å²) in [7, 11) is 1.67. The molecule has 1 amide bonds. The van der Waals surface area contributed by atoms with Gasteiger partial charge in [0.2, 0.25) is 5.91 Å². The number of aryl methyl sites for hydroxylation is 2. The molecule has 0 atom stereocenters. The van der Waals surface area contributed by atoms with Crippen molar-refractivity contribution in [2.24, 2.45) is 11.8 Å². The van der Waals surface area contributed by atoms with Crippen molar-refractivity contribution in [3.63, 3.8) is 0 Å². The standard InChI is InChI=1S/C18H27NO2.C11H14O/c1-4-13-6-8-15(9-7-13)18(20)19-16-11-10-14(5-2)17(12-16)21-3;1-4-10-8(2)6-5-7-11(10)9(3)12/h10-13,15H,4-9H2,1-3H3,(H,19,20);5-7H,4H2,1-3H3. The first kappa shape index (κ1) is 26.6. The Morgan fingerprint density at radius 3 is 2.21 bits per heavy atom. The topological polar surface area (TPSA) is 55.4 Å². The van der Waals surface area contributed by atoms with Crippen molar-refractivity contribution in [3.05, 3.63) is 58.7 Å².